The van der Waals surface area contributed by atoms with Gasteiger partial charge in [-0.05, 0) is 60.7 Å². The van der Waals surface area contributed by atoms with Gasteiger partial charge in [0, 0.05) is 35.4 Å². The Bertz CT molecular complexity index is 1550. The molecule has 0 saturated heterocycles. The lowest BCUT2D eigenvalue weighted by Crippen LogP contribution is -2.50. The Morgan fingerprint density at radius 3 is 2.11 bits per heavy atom. The van der Waals surface area contributed by atoms with Gasteiger partial charge in [-0.1, -0.05) is 75.1 Å². The van der Waals surface area contributed by atoms with Crippen LogP contribution >= 0.6 is 0 Å². The van der Waals surface area contributed by atoms with Crippen molar-refractivity contribution >= 4 is 18.8 Å². The maximum absolute atomic E-state index is 16.3. The zero-order valence-corrected chi connectivity index (χ0v) is 22.0. The molecule has 0 saturated carbocycles. The first-order valence-corrected chi connectivity index (χ1v) is 12.4. The van der Waals surface area contributed by atoms with Gasteiger partial charge in [-0.25, -0.2) is 0 Å². The van der Waals surface area contributed by atoms with E-state index in [1.165, 1.54) is 14.5 Å². The monoisotopic (exact) mass is 480 g/mol. The average molecular weight is 480 g/mol. The van der Waals surface area contributed by atoms with Crippen molar-refractivity contribution in [1.29, 1.82) is 0 Å². The zero-order valence-electron chi connectivity index (χ0n) is 22.0. The summed E-state index contributed by atoms with van der Waals surface area (Å²) in [5.41, 5.74) is 8.41. The normalized spacial score (nSPS) is 16.4. The van der Waals surface area contributed by atoms with E-state index in [1.54, 1.807) is 13.8 Å². The summed E-state index contributed by atoms with van der Waals surface area (Å²) in [6.45, 7) is 9.82. The molecular weight excluding hydrogens is 449 g/mol. The van der Waals surface area contributed by atoms with Crippen molar-refractivity contribution in [2.45, 2.75) is 53.9 Å². The zero-order chi connectivity index (χ0) is 26.0. The molecule has 2 nitrogen and oxygen atoms in total. The second-order valence-electron chi connectivity index (χ2n) is 10.9. The number of fused-ring (bicyclic) bond motifs is 2. The van der Waals surface area contributed by atoms with Crippen molar-refractivity contribution in [2.75, 3.05) is 0 Å². The van der Waals surface area contributed by atoms with Crippen LogP contribution in [0.5, 0.6) is 0 Å². The molecule has 36 heavy (non-hydrogen) atoms. The third kappa shape index (κ3) is 3.59. The number of nitrogens with zero attached hydrogens (tertiary/aromatic N) is 2. The van der Waals surface area contributed by atoms with Crippen LogP contribution in [0.1, 0.15) is 62.7 Å². The summed E-state index contributed by atoms with van der Waals surface area (Å²) in [4.78, 5) is 0. The topological polar surface area (TPSA) is 7.94 Å². The minimum atomic E-state index is -4.08. The molecule has 0 spiro atoms. The highest BCUT2D eigenvalue weighted by molar-refractivity contribution is 6.58. The first kappa shape index (κ1) is 24.1. The van der Waals surface area contributed by atoms with E-state index in [2.05, 4.69) is 56.9 Å². The van der Waals surface area contributed by atoms with Gasteiger partial charge in [0.25, 0.3) is 0 Å². The highest BCUT2D eigenvalue weighted by Crippen LogP contribution is 2.43. The van der Waals surface area contributed by atoms with E-state index in [4.69, 9.17) is 0 Å². The molecule has 0 bridgehead atoms. The fraction of sp³-hybridized carbons (Fsp3) is 0.258. The van der Waals surface area contributed by atoms with E-state index in [0.29, 0.717) is 28.4 Å². The second-order valence-corrected chi connectivity index (χ2v) is 10.9. The van der Waals surface area contributed by atoms with Gasteiger partial charge < -0.3 is 17.6 Å². The first-order valence-electron chi connectivity index (χ1n) is 12.4. The Labute approximate surface area is 212 Å². The molecule has 1 aromatic heterocycles. The first-order chi connectivity index (χ1) is 16.9. The van der Waals surface area contributed by atoms with Crippen LogP contribution < -0.4 is 0 Å². The summed E-state index contributed by atoms with van der Waals surface area (Å²) in [6, 6.07) is 18.0. The fourth-order valence-electron chi connectivity index (χ4n) is 5.35. The lowest BCUT2D eigenvalue weighted by Gasteiger charge is -2.30. The molecule has 0 fully saturated rings. The summed E-state index contributed by atoms with van der Waals surface area (Å²) in [6.07, 6.45) is 1.90. The van der Waals surface area contributed by atoms with Crippen molar-refractivity contribution in [3.63, 3.8) is 0 Å². The fourth-order valence-corrected chi connectivity index (χ4v) is 5.35. The van der Waals surface area contributed by atoms with Crippen LogP contribution in [-0.2, 0) is 5.41 Å². The number of aromatic nitrogens is 1. The lowest BCUT2D eigenvalue weighted by atomic mass is 9.85. The quantitative estimate of drug-likeness (QED) is 0.252. The Kier molecular flexibility index (Phi) is 5.48. The molecule has 0 N–H and O–H groups in total. The molecule has 5 rings (SSSR count). The molecule has 0 atom stereocenters. The van der Waals surface area contributed by atoms with Gasteiger partial charge in [-0.3, -0.25) is 0 Å². The van der Waals surface area contributed by atoms with E-state index >= 15 is 8.63 Å². The minimum absolute atomic E-state index is 0.0220. The molecule has 0 aliphatic carbocycles. The van der Waals surface area contributed by atoms with Gasteiger partial charge in [-0.15, -0.1) is 0 Å². The van der Waals surface area contributed by atoms with Crippen molar-refractivity contribution in [3.05, 3.63) is 99.5 Å². The van der Waals surface area contributed by atoms with Crippen molar-refractivity contribution < 1.29 is 13.1 Å². The highest BCUT2D eigenvalue weighted by atomic mass is 19.2. The highest BCUT2D eigenvalue weighted by Gasteiger charge is 2.55. The molecule has 2 aromatic carbocycles. The van der Waals surface area contributed by atoms with Crippen LogP contribution in [-0.4, -0.2) is 21.6 Å². The molecule has 0 radical (unpaired) electrons. The summed E-state index contributed by atoms with van der Waals surface area (Å²) in [5, 5.41) is 0. The van der Waals surface area contributed by atoms with Crippen LogP contribution in [0.15, 0.2) is 71.4 Å². The van der Waals surface area contributed by atoms with Gasteiger partial charge in [0.15, 0.2) is 5.70 Å². The maximum Gasteiger partial charge on any atom is 0.737 e. The van der Waals surface area contributed by atoms with E-state index in [9.17, 15) is 0 Å². The van der Waals surface area contributed by atoms with Crippen LogP contribution in [0.4, 0.5) is 8.63 Å². The minimum Gasteiger partial charge on any atom is -0.393 e. The maximum atomic E-state index is 16.3. The van der Waals surface area contributed by atoms with Crippen LogP contribution in [0.2, 0.25) is 0 Å². The molecule has 5 heteroatoms. The van der Waals surface area contributed by atoms with Crippen molar-refractivity contribution in [1.82, 2.24) is 4.48 Å². The smallest absolute Gasteiger partial charge is 0.393 e. The summed E-state index contributed by atoms with van der Waals surface area (Å²) in [5.74, 6) is 6.39. The molecule has 0 amide bonds. The predicted octanol–water partition coefficient (Wildman–Crippen LogP) is 7.50. The molecule has 3 aromatic rings. The molecular formula is C31H31BF2N2. The summed E-state index contributed by atoms with van der Waals surface area (Å²) in [7, 11) is 0. The molecule has 2 aliphatic heterocycles. The number of rotatable bonds is 1. The van der Waals surface area contributed by atoms with Crippen LogP contribution in [0.3, 0.4) is 0 Å². The molecule has 3 heterocycles. The number of allylic oxidation sites excluding steroid dienone is 2. The van der Waals surface area contributed by atoms with Gasteiger partial charge >= 0.3 is 6.97 Å². The van der Waals surface area contributed by atoms with Crippen molar-refractivity contribution in [3.8, 4) is 23.0 Å². The summed E-state index contributed by atoms with van der Waals surface area (Å²) >= 11 is 0. The Morgan fingerprint density at radius 2 is 1.50 bits per heavy atom. The summed E-state index contributed by atoms with van der Waals surface area (Å²) < 4.78 is 35.1. The standard InChI is InChI=1S/C31H31BF2N2/c1-20-22(3)35-28(27(20)18-13-24-11-9-8-10-12-24)19-29-30(21(2)23(4)36(29)32(35,33)34)25-14-16-26(17-15-25)31(5,6)7/h8-12,14-17,19H,1-7H3. The average Bonchev–Trinajstić information content (AvgIpc) is 3.23. The SMILES string of the molecule is CC1=C(C#Cc2ccccc2)C2=Cc3c(-c4ccc(C(C)(C)C)cc4)c(C)c(C)n3[B-](F)(F)[N+]2=C1C. The van der Waals surface area contributed by atoms with Gasteiger partial charge in [0.05, 0.1) is 0 Å². The Morgan fingerprint density at radius 1 is 0.861 bits per heavy atom. The number of halogens is 2. The third-order valence-electron chi connectivity index (χ3n) is 7.63. The van der Waals surface area contributed by atoms with E-state index in [-0.39, 0.29) is 5.41 Å². The van der Waals surface area contributed by atoms with Crippen LogP contribution in [0.25, 0.3) is 17.2 Å². The largest absolute Gasteiger partial charge is 0.737 e. The van der Waals surface area contributed by atoms with E-state index in [0.717, 1.165) is 27.8 Å². The Hall–Kier alpha value is -3.65. The molecule has 2 aliphatic rings. The van der Waals surface area contributed by atoms with Crippen molar-refractivity contribution in [2.24, 2.45) is 0 Å². The predicted molar refractivity (Wildman–Crippen MR) is 146 cm³/mol. The Balaban J connectivity index is 1.72. The number of hydrogen-bond acceptors (Lipinski definition) is 0. The van der Waals surface area contributed by atoms with Crippen LogP contribution in [0, 0.1) is 25.7 Å². The lowest BCUT2D eigenvalue weighted by molar-refractivity contribution is -0.362. The third-order valence-corrected chi connectivity index (χ3v) is 7.63. The number of hydrogen-bond donors (Lipinski definition) is 0. The molecule has 182 valence electrons. The molecule has 0 unspecified atom stereocenters. The second kappa shape index (κ2) is 8.20. The van der Waals surface area contributed by atoms with Gasteiger partial charge in [-0.2, -0.15) is 0 Å². The number of benzene rings is 2. The van der Waals surface area contributed by atoms with Gasteiger partial charge in [0.1, 0.15) is 11.3 Å². The van der Waals surface area contributed by atoms with E-state index in [1.807, 2.05) is 50.3 Å². The van der Waals surface area contributed by atoms with Gasteiger partial charge in [0.2, 0.25) is 0 Å². The van der Waals surface area contributed by atoms with E-state index < -0.39 is 6.97 Å².